The second-order valence-electron chi connectivity index (χ2n) is 6.01. The molecule has 1 heterocycles. The molecule has 0 bridgehead atoms. The van der Waals surface area contributed by atoms with E-state index in [1.54, 1.807) is 0 Å². The van der Waals surface area contributed by atoms with Crippen molar-refractivity contribution in [3.63, 3.8) is 0 Å². The average Bonchev–Trinajstić information content (AvgIpc) is 2.66. The fourth-order valence-corrected chi connectivity index (χ4v) is 2.45. The Morgan fingerprint density at radius 3 is 2.43 bits per heavy atom. The van der Waals surface area contributed by atoms with Crippen molar-refractivity contribution in [2.24, 2.45) is 5.92 Å². The highest BCUT2D eigenvalue weighted by Crippen LogP contribution is 2.19. The van der Waals surface area contributed by atoms with Gasteiger partial charge < -0.3 is 10.4 Å². The van der Waals surface area contributed by atoms with E-state index in [0.717, 1.165) is 10.5 Å². The smallest absolute Gasteiger partial charge is 0.324 e. The van der Waals surface area contributed by atoms with Crippen LogP contribution in [0.5, 0.6) is 0 Å². The molecule has 1 aromatic rings. The molecule has 0 spiro atoms. The van der Waals surface area contributed by atoms with E-state index < -0.39 is 18.2 Å². The molecule has 5 heteroatoms. The lowest BCUT2D eigenvalue weighted by molar-refractivity contribution is -0.128. The minimum atomic E-state index is -0.863. The summed E-state index contributed by atoms with van der Waals surface area (Å²) in [5.41, 5.74) is 1.80. The molecule has 0 saturated carbocycles. The van der Waals surface area contributed by atoms with Gasteiger partial charge in [-0.3, -0.25) is 9.69 Å². The van der Waals surface area contributed by atoms with Crippen molar-refractivity contribution >= 4 is 11.9 Å². The van der Waals surface area contributed by atoms with Crippen molar-refractivity contribution in [1.29, 1.82) is 0 Å². The van der Waals surface area contributed by atoms with E-state index in [2.05, 4.69) is 5.32 Å². The second kappa shape index (κ2) is 6.26. The molecule has 0 aromatic heterocycles. The summed E-state index contributed by atoms with van der Waals surface area (Å²) < 4.78 is 0. The van der Waals surface area contributed by atoms with Gasteiger partial charge in [0.05, 0.1) is 12.6 Å². The molecular weight excluding hydrogens is 268 g/mol. The van der Waals surface area contributed by atoms with Crippen molar-refractivity contribution in [2.45, 2.75) is 39.3 Å². The third-order valence-corrected chi connectivity index (χ3v) is 3.63. The first kappa shape index (κ1) is 15.5. The highest BCUT2D eigenvalue weighted by atomic mass is 16.3. The number of aryl methyl sites for hydroxylation is 1. The Bertz CT molecular complexity index is 525. The van der Waals surface area contributed by atoms with Crippen molar-refractivity contribution in [3.05, 3.63) is 35.4 Å². The van der Waals surface area contributed by atoms with E-state index in [1.165, 1.54) is 0 Å². The van der Waals surface area contributed by atoms with Gasteiger partial charge in [0.2, 0.25) is 0 Å². The van der Waals surface area contributed by atoms with Crippen molar-refractivity contribution in [1.82, 2.24) is 10.2 Å². The van der Waals surface area contributed by atoms with Gasteiger partial charge in [-0.25, -0.2) is 4.79 Å². The molecule has 1 saturated heterocycles. The summed E-state index contributed by atoms with van der Waals surface area (Å²) >= 11 is 0. The molecular formula is C16H22N2O3. The highest BCUT2D eigenvalue weighted by molar-refractivity contribution is 6.04. The summed E-state index contributed by atoms with van der Waals surface area (Å²) in [6, 6.07) is 6.52. The van der Waals surface area contributed by atoms with Crippen LogP contribution in [0.25, 0.3) is 0 Å². The summed E-state index contributed by atoms with van der Waals surface area (Å²) in [5, 5.41) is 12.9. The number of aliphatic hydroxyl groups excluding tert-OH is 1. The molecule has 1 aliphatic heterocycles. The normalized spacial score (nSPS) is 20.0. The maximum atomic E-state index is 12.2. The van der Waals surface area contributed by atoms with Crippen LogP contribution < -0.4 is 5.32 Å². The summed E-state index contributed by atoms with van der Waals surface area (Å²) in [5.74, 6) is 0.0704. The van der Waals surface area contributed by atoms with Gasteiger partial charge in [0.15, 0.2) is 0 Å². The molecule has 21 heavy (non-hydrogen) atoms. The Kier molecular flexibility index (Phi) is 4.63. The van der Waals surface area contributed by atoms with Crippen molar-refractivity contribution in [2.75, 3.05) is 6.54 Å². The van der Waals surface area contributed by atoms with Gasteiger partial charge in [-0.15, -0.1) is 0 Å². The van der Waals surface area contributed by atoms with Gasteiger partial charge in [0, 0.05) is 0 Å². The zero-order valence-electron chi connectivity index (χ0n) is 12.7. The minimum absolute atomic E-state index is 0.0116. The molecule has 0 radical (unpaired) electrons. The number of nitrogens with zero attached hydrogens (tertiary/aromatic N) is 1. The van der Waals surface area contributed by atoms with Crippen LogP contribution in [0.2, 0.25) is 0 Å². The number of carbonyl (C=O) groups excluding carboxylic acids is 2. The molecule has 1 aliphatic rings. The topological polar surface area (TPSA) is 69.6 Å². The molecule has 1 aromatic carbocycles. The predicted molar refractivity (Wildman–Crippen MR) is 79.6 cm³/mol. The first-order chi connectivity index (χ1) is 9.88. The zero-order chi connectivity index (χ0) is 15.6. The maximum absolute atomic E-state index is 12.2. The molecule has 2 unspecified atom stereocenters. The SMILES string of the molecule is Cc1ccc(C(O)CN2C(=O)NC(CC(C)C)C2=O)cc1. The molecule has 1 fully saturated rings. The van der Waals surface area contributed by atoms with Gasteiger partial charge >= 0.3 is 6.03 Å². The number of amides is 3. The van der Waals surface area contributed by atoms with Gasteiger partial charge in [-0.2, -0.15) is 0 Å². The van der Waals surface area contributed by atoms with E-state index >= 15 is 0 Å². The standard InChI is InChI=1S/C16H22N2O3/c1-10(2)8-13-15(20)18(16(21)17-13)9-14(19)12-6-4-11(3)5-7-12/h4-7,10,13-14,19H,8-9H2,1-3H3,(H,17,21). The van der Waals surface area contributed by atoms with E-state index in [4.69, 9.17) is 0 Å². The number of benzene rings is 1. The molecule has 0 aliphatic carbocycles. The van der Waals surface area contributed by atoms with E-state index in [1.807, 2.05) is 45.0 Å². The number of aliphatic hydroxyl groups is 1. The quantitative estimate of drug-likeness (QED) is 0.815. The number of rotatable bonds is 5. The van der Waals surface area contributed by atoms with E-state index in [0.29, 0.717) is 17.9 Å². The highest BCUT2D eigenvalue weighted by Gasteiger charge is 2.38. The summed E-state index contributed by atoms with van der Waals surface area (Å²) in [7, 11) is 0. The summed E-state index contributed by atoms with van der Waals surface area (Å²) in [6.07, 6.45) is -0.250. The third-order valence-electron chi connectivity index (χ3n) is 3.63. The first-order valence-electron chi connectivity index (χ1n) is 7.25. The second-order valence-corrected chi connectivity index (χ2v) is 6.01. The Labute approximate surface area is 125 Å². The Balaban J connectivity index is 2.03. The number of carbonyl (C=O) groups is 2. The van der Waals surface area contributed by atoms with Gasteiger partial charge in [-0.05, 0) is 24.8 Å². The Morgan fingerprint density at radius 1 is 1.24 bits per heavy atom. The molecule has 114 valence electrons. The lowest BCUT2D eigenvalue weighted by Gasteiger charge is -2.18. The van der Waals surface area contributed by atoms with Crippen LogP contribution in [0.4, 0.5) is 4.79 Å². The number of imide groups is 1. The lowest BCUT2D eigenvalue weighted by atomic mass is 10.0. The van der Waals surface area contributed by atoms with Gasteiger partial charge in [-0.1, -0.05) is 43.7 Å². The van der Waals surface area contributed by atoms with Crippen LogP contribution in [0.3, 0.4) is 0 Å². The van der Waals surface area contributed by atoms with Crippen LogP contribution in [-0.4, -0.2) is 34.5 Å². The Morgan fingerprint density at radius 2 is 1.86 bits per heavy atom. The van der Waals surface area contributed by atoms with E-state index in [9.17, 15) is 14.7 Å². The van der Waals surface area contributed by atoms with Crippen LogP contribution in [-0.2, 0) is 4.79 Å². The largest absolute Gasteiger partial charge is 0.387 e. The molecule has 2 rings (SSSR count). The summed E-state index contributed by atoms with van der Waals surface area (Å²) in [6.45, 7) is 5.96. The van der Waals surface area contributed by atoms with Crippen LogP contribution in [0.1, 0.15) is 37.5 Å². The van der Waals surface area contributed by atoms with Gasteiger partial charge in [0.1, 0.15) is 6.04 Å². The predicted octanol–water partition coefficient (Wildman–Crippen LogP) is 1.99. The zero-order valence-corrected chi connectivity index (χ0v) is 12.7. The van der Waals surface area contributed by atoms with Crippen molar-refractivity contribution < 1.29 is 14.7 Å². The van der Waals surface area contributed by atoms with Gasteiger partial charge in [0.25, 0.3) is 5.91 Å². The Hall–Kier alpha value is -1.88. The number of urea groups is 1. The third kappa shape index (κ3) is 3.61. The molecule has 2 N–H and O–H groups in total. The van der Waals surface area contributed by atoms with Crippen molar-refractivity contribution in [3.8, 4) is 0 Å². The fourth-order valence-electron chi connectivity index (χ4n) is 2.45. The molecule has 2 atom stereocenters. The number of nitrogens with one attached hydrogen (secondary N) is 1. The maximum Gasteiger partial charge on any atom is 0.324 e. The minimum Gasteiger partial charge on any atom is -0.387 e. The first-order valence-corrected chi connectivity index (χ1v) is 7.25. The number of β-amino-alcohol motifs (C(OH)–C–C–N with tert-alkyl or cyclic N) is 1. The van der Waals surface area contributed by atoms with Crippen LogP contribution in [0, 0.1) is 12.8 Å². The lowest BCUT2D eigenvalue weighted by Crippen LogP contribution is -2.35. The number of hydrogen-bond donors (Lipinski definition) is 2. The van der Waals surface area contributed by atoms with E-state index in [-0.39, 0.29) is 12.5 Å². The fraction of sp³-hybridized carbons (Fsp3) is 0.500. The van der Waals surface area contributed by atoms with Crippen LogP contribution in [0.15, 0.2) is 24.3 Å². The average molecular weight is 290 g/mol. The molecule has 3 amide bonds. The summed E-state index contributed by atoms with van der Waals surface area (Å²) in [4.78, 5) is 25.2. The number of hydrogen-bond acceptors (Lipinski definition) is 3. The monoisotopic (exact) mass is 290 g/mol. The van der Waals surface area contributed by atoms with Crippen LogP contribution >= 0.6 is 0 Å². The molecule has 5 nitrogen and oxygen atoms in total.